The third-order valence-electron chi connectivity index (χ3n) is 3.22. The number of benzene rings is 1. The lowest BCUT2D eigenvalue weighted by molar-refractivity contribution is 0.0942. The van der Waals surface area contributed by atoms with Crippen LogP contribution in [0.15, 0.2) is 17.0 Å². The van der Waals surface area contributed by atoms with Gasteiger partial charge in [0.05, 0.1) is 5.56 Å². The van der Waals surface area contributed by atoms with Crippen molar-refractivity contribution in [2.75, 3.05) is 6.54 Å². The van der Waals surface area contributed by atoms with Crippen LogP contribution in [0, 0.1) is 11.7 Å². The Kier molecular flexibility index (Phi) is 6.43. The first-order valence-electron chi connectivity index (χ1n) is 6.42. The van der Waals surface area contributed by atoms with Gasteiger partial charge in [-0.3, -0.25) is 4.79 Å². The molecule has 21 heavy (non-hydrogen) atoms. The Labute approximate surface area is 133 Å². The van der Waals surface area contributed by atoms with E-state index in [0.29, 0.717) is 6.54 Å². The van der Waals surface area contributed by atoms with Gasteiger partial charge in [-0.15, -0.1) is 0 Å². The average molecular weight is 356 g/mol. The molecule has 0 aliphatic heterocycles. The van der Waals surface area contributed by atoms with E-state index in [1.54, 1.807) is 0 Å². The molecule has 8 heteroatoms. The minimum Gasteiger partial charge on any atom is -0.352 e. The summed E-state index contributed by atoms with van der Waals surface area (Å²) in [5.74, 6) is -1.65. The molecule has 0 bridgehead atoms. The largest absolute Gasteiger partial charge is 0.352 e. The van der Waals surface area contributed by atoms with Gasteiger partial charge in [0.15, 0.2) is 5.82 Å². The summed E-state index contributed by atoms with van der Waals surface area (Å²) in [6.45, 7) is 4.34. The summed E-state index contributed by atoms with van der Waals surface area (Å²) in [6, 6.07) is 1.95. The van der Waals surface area contributed by atoms with Crippen molar-refractivity contribution < 1.29 is 17.6 Å². The highest BCUT2D eigenvalue weighted by atomic mass is 35.7. The van der Waals surface area contributed by atoms with Crippen molar-refractivity contribution in [1.82, 2.24) is 5.32 Å². The molecule has 0 aliphatic rings. The van der Waals surface area contributed by atoms with Crippen molar-refractivity contribution in [3.05, 3.63) is 28.5 Å². The van der Waals surface area contributed by atoms with Crippen LogP contribution in [0.1, 0.15) is 37.0 Å². The Morgan fingerprint density at radius 2 is 1.90 bits per heavy atom. The van der Waals surface area contributed by atoms with E-state index in [9.17, 15) is 17.6 Å². The zero-order chi connectivity index (χ0) is 16.2. The molecule has 0 aromatic heterocycles. The lowest BCUT2D eigenvalue weighted by Crippen LogP contribution is -2.29. The highest BCUT2D eigenvalue weighted by Gasteiger charge is 2.24. The maximum absolute atomic E-state index is 14.1. The fourth-order valence-corrected chi connectivity index (χ4v) is 3.03. The Hall–Kier alpha value is -0.850. The molecule has 1 aromatic carbocycles. The second kappa shape index (κ2) is 7.42. The monoisotopic (exact) mass is 355 g/mol. The van der Waals surface area contributed by atoms with Gasteiger partial charge in [-0.05, 0) is 18.1 Å². The van der Waals surface area contributed by atoms with Crippen LogP contribution in [0.25, 0.3) is 0 Å². The van der Waals surface area contributed by atoms with Crippen LogP contribution in [-0.4, -0.2) is 20.9 Å². The second-order valence-electron chi connectivity index (χ2n) is 4.60. The molecule has 0 fully saturated rings. The van der Waals surface area contributed by atoms with Gasteiger partial charge in [-0.25, -0.2) is 12.8 Å². The Balaban J connectivity index is 3.08. The van der Waals surface area contributed by atoms with Crippen LogP contribution in [0.2, 0.25) is 5.02 Å². The molecular weight excluding hydrogens is 340 g/mol. The van der Waals surface area contributed by atoms with Crippen LogP contribution in [-0.2, 0) is 9.05 Å². The standard InChI is InChI=1S/C13H16Cl2FNO3S/c1-3-8(4-2)7-17-13(18)10-5-9(14)6-11(12(10)16)21(15,19)20/h5-6,8H,3-4,7H2,1-2H3,(H,17,18). The van der Waals surface area contributed by atoms with Crippen molar-refractivity contribution in [2.24, 2.45) is 5.92 Å². The molecule has 4 nitrogen and oxygen atoms in total. The molecule has 1 amide bonds. The molecule has 0 aliphatic carbocycles. The molecule has 0 atom stereocenters. The fraction of sp³-hybridized carbons (Fsp3) is 0.462. The number of halogens is 3. The fourth-order valence-electron chi connectivity index (χ4n) is 1.82. The van der Waals surface area contributed by atoms with E-state index in [0.717, 1.165) is 25.0 Å². The number of carbonyl (C=O) groups excluding carboxylic acids is 1. The molecule has 0 radical (unpaired) electrons. The maximum Gasteiger partial charge on any atom is 0.264 e. The molecule has 1 N–H and O–H groups in total. The van der Waals surface area contributed by atoms with E-state index in [2.05, 4.69) is 5.32 Å². The molecule has 1 aromatic rings. The predicted octanol–water partition coefficient (Wildman–Crippen LogP) is 3.57. The first-order chi connectivity index (χ1) is 9.70. The van der Waals surface area contributed by atoms with Crippen molar-refractivity contribution >= 4 is 37.2 Å². The molecule has 1 rings (SSSR count). The van der Waals surface area contributed by atoms with E-state index in [1.807, 2.05) is 13.8 Å². The third kappa shape index (κ3) is 4.83. The summed E-state index contributed by atoms with van der Waals surface area (Å²) in [5, 5.41) is 2.49. The molecule has 0 saturated heterocycles. The van der Waals surface area contributed by atoms with Gasteiger partial charge in [0.1, 0.15) is 4.90 Å². The van der Waals surface area contributed by atoms with Crippen LogP contribution in [0.3, 0.4) is 0 Å². The summed E-state index contributed by atoms with van der Waals surface area (Å²) in [6.07, 6.45) is 1.74. The normalized spacial score (nSPS) is 11.7. The summed E-state index contributed by atoms with van der Waals surface area (Å²) in [4.78, 5) is 11.2. The molecule has 0 saturated carbocycles. The third-order valence-corrected chi connectivity index (χ3v) is 4.76. The second-order valence-corrected chi connectivity index (χ2v) is 7.57. The van der Waals surface area contributed by atoms with Crippen LogP contribution < -0.4 is 5.32 Å². The van der Waals surface area contributed by atoms with Gasteiger partial charge in [-0.1, -0.05) is 38.3 Å². The SMILES string of the molecule is CCC(CC)CNC(=O)c1cc(Cl)cc(S(=O)(=O)Cl)c1F. The highest BCUT2D eigenvalue weighted by Crippen LogP contribution is 2.26. The first-order valence-corrected chi connectivity index (χ1v) is 9.11. The average Bonchev–Trinajstić information content (AvgIpc) is 2.40. The maximum atomic E-state index is 14.1. The summed E-state index contributed by atoms with van der Waals surface area (Å²) in [5.41, 5.74) is -0.437. The zero-order valence-electron chi connectivity index (χ0n) is 11.6. The number of amides is 1. The van der Waals surface area contributed by atoms with E-state index in [4.69, 9.17) is 22.3 Å². The molecule has 0 unspecified atom stereocenters. The number of carbonyl (C=O) groups is 1. The van der Waals surface area contributed by atoms with Gasteiger partial charge in [0.25, 0.3) is 15.0 Å². The summed E-state index contributed by atoms with van der Waals surface area (Å²) < 4.78 is 36.7. The van der Waals surface area contributed by atoms with Crippen LogP contribution >= 0.6 is 22.3 Å². The number of rotatable bonds is 6. The molecular formula is C13H16Cl2FNO3S. The van der Waals surface area contributed by atoms with Crippen molar-refractivity contribution in [1.29, 1.82) is 0 Å². The van der Waals surface area contributed by atoms with E-state index >= 15 is 0 Å². The van der Waals surface area contributed by atoms with Gasteiger partial charge >= 0.3 is 0 Å². The predicted molar refractivity (Wildman–Crippen MR) is 80.9 cm³/mol. The minimum atomic E-state index is -4.32. The lowest BCUT2D eigenvalue weighted by atomic mass is 10.0. The van der Waals surface area contributed by atoms with Crippen LogP contribution in [0.4, 0.5) is 4.39 Å². The Bertz CT molecular complexity index is 631. The topological polar surface area (TPSA) is 63.2 Å². The van der Waals surface area contributed by atoms with Gasteiger partial charge in [0, 0.05) is 22.2 Å². The van der Waals surface area contributed by atoms with Crippen molar-refractivity contribution in [3.8, 4) is 0 Å². The summed E-state index contributed by atoms with van der Waals surface area (Å²) >= 11 is 5.72. The van der Waals surface area contributed by atoms with Gasteiger partial charge in [-0.2, -0.15) is 0 Å². The number of hydrogen-bond donors (Lipinski definition) is 1. The van der Waals surface area contributed by atoms with Crippen molar-refractivity contribution in [3.63, 3.8) is 0 Å². The highest BCUT2D eigenvalue weighted by molar-refractivity contribution is 8.13. The van der Waals surface area contributed by atoms with E-state index in [-0.39, 0.29) is 10.9 Å². The van der Waals surface area contributed by atoms with Gasteiger partial charge in [0.2, 0.25) is 0 Å². The molecule has 0 spiro atoms. The van der Waals surface area contributed by atoms with Crippen LogP contribution in [0.5, 0.6) is 0 Å². The van der Waals surface area contributed by atoms with E-state index < -0.39 is 31.2 Å². The van der Waals surface area contributed by atoms with Crippen molar-refractivity contribution in [2.45, 2.75) is 31.6 Å². The Morgan fingerprint density at radius 3 is 2.38 bits per heavy atom. The smallest absolute Gasteiger partial charge is 0.264 e. The summed E-state index contributed by atoms with van der Waals surface area (Å²) in [7, 11) is 0.807. The zero-order valence-corrected chi connectivity index (χ0v) is 13.9. The van der Waals surface area contributed by atoms with Gasteiger partial charge < -0.3 is 5.32 Å². The Morgan fingerprint density at radius 1 is 1.33 bits per heavy atom. The lowest BCUT2D eigenvalue weighted by Gasteiger charge is -2.14. The molecule has 0 heterocycles. The number of nitrogens with one attached hydrogen (secondary N) is 1. The van der Waals surface area contributed by atoms with E-state index in [1.165, 1.54) is 0 Å². The quantitative estimate of drug-likeness (QED) is 0.793. The first kappa shape index (κ1) is 18.2. The minimum absolute atomic E-state index is 0.0803. The molecule has 118 valence electrons. The number of hydrogen-bond acceptors (Lipinski definition) is 3.